The highest BCUT2D eigenvalue weighted by Gasteiger charge is 2.08. The van der Waals surface area contributed by atoms with Crippen molar-refractivity contribution in [1.82, 2.24) is 0 Å². The summed E-state index contributed by atoms with van der Waals surface area (Å²) in [5.41, 5.74) is 6.72. The molecule has 0 radical (unpaired) electrons. The van der Waals surface area contributed by atoms with Gasteiger partial charge in [0, 0.05) is 6.42 Å². The number of benzene rings is 1. The van der Waals surface area contributed by atoms with E-state index < -0.39 is 0 Å². The highest BCUT2D eigenvalue weighted by atomic mass is 16.5. The second-order valence-corrected chi connectivity index (χ2v) is 4.35. The molecule has 0 saturated carbocycles. The molecule has 0 saturated heterocycles. The van der Waals surface area contributed by atoms with Gasteiger partial charge in [-0.2, -0.15) is 0 Å². The fourth-order valence-electron chi connectivity index (χ4n) is 1.53. The van der Waals surface area contributed by atoms with Crippen LogP contribution in [0.25, 0.3) is 0 Å². The number of nitrogens with two attached hydrogens (primary N) is 1. The van der Waals surface area contributed by atoms with E-state index in [1.54, 1.807) is 0 Å². The Kier molecular flexibility index (Phi) is 6.33. The van der Waals surface area contributed by atoms with Crippen LogP contribution < -0.4 is 5.73 Å². The Morgan fingerprint density at radius 3 is 2.71 bits per heavy atom. The third-order valence-corrected chi connectivity index (χ3v) is 2.63. The quantitative estimate of drug-likeness (QED) is 0.582. The molecule has 0 aliphatic carbocycles. The molecule has 0 aliphatic heterocycles. The summed E-state index contributed by atoms with van der Waals surface area (Å²) < 4.78 is 5.14. The zero-order chi connectivity index (χ0) is 12.5. The van der Waals surface area contributed by atoms with Crippen LogP contribution in [0.1, 0.15) is 25.3 Å². The van der Waals surface area contributed by atoms with Gasteiger partial charge in [0.05, 0.1) is 6.61 Å². The maximum absolute atomic E-state index is 11.3. The number of ether oxygens (including phenoxy) is 1. The molecule has 0 amide bonds. The number of hydrogen-bond donors (Lipinski definition) is 1. The van der Waals surface area contributed by atoms with E-state index >= 15 is 0 Å². The van der Waals surface area contributed by atoms with Crippen molar-refractivity contribution in [1.29, 1.82) is 0 Å². The Balaban J connectivity index is 2.10. The third kappa shape index (κ3) is 6.07. The molecule has 0 aliphatic rings. The molecule has 0 bridgehead atoms. The summed E-state index contributed by atoms with van der Waals surface area (Å²) in [7, 11) is 0. The molecule has 2 N–H and O–H groups in total. The predicted molar refractivity (Wildman–Crippen MR) is 68.6 cm³/mol. The average molecular weight is 235 g/mol. The molecule has 94 valence electrons. The average Bonchev–Trinajstić information content (AvgIpc) is 2.36. The Morgan fingerprint density at radius 2 is 2.06 bits per heavy atom. The van der Waals surface area contributed by atoms with E-state index in [-0.39, 0.29) is 11.9 Å². The zero-order valence-electron chi connectivity index (χ0n) is 10.4. The monoisotopic (exact) mass is 235 g/mol. The van der Waals surface area contributed by atoms with Gasteiger partial charge in [0.15, 0.2) is 0 Å². The van der Waals surface area contributed by atoms with Crippen molar-refractivity contribution in [3.8, 4) is 0 Å². The van der Waals surface area contributed by atoms with E-state index in [4.69, 9.17) is 10.5 Å². The summed E-state index contributed by atoms with van der Waals surface area (Å²) in [6, 6.07) is 10.2. The highest BCUT2D eigenvalue weighted by molar-refractivity contribution is 5.69. The van der Waals surface area contributed by atoms with E-state index in [1.165, 1.54) is 5.56 Å². The molecule has 1 aromatic carbocycles. The lowest BCUT2D eigenvalue weighted by Gasteiger charge is -2.08. The maximum atomic E-state index is 11.3. The minimum atomic E-state index is -0.143. The van der Waals surface area contributed by atoms with Crippen molar-refractivity contribution in [2.75, 3.05) is 13.2 Å². The molecule has 1 aromatic rings. The maximum Gasteiger partial charge on any atom is 0.306 e. The fraction of sp³-hybridized carbons (Fsp3) is 0.500. The van der Waals surface area contributed by atoms with E-state index in [1.807, 2.05) is 25.1 Å². The zero-order valence-corrected chi connectivity index (χ0v) is 10.4. The predicted octanol–water partition coefficient (Wildman–Crippen LogP) is 2.15. The molecule has 17 heavy (non-hydrogen) atoms. The molecule has 0 aromatic heterocycles. The van der Waals surface area contributed by atoms with Crippen LogP contribution in [-0.4, -0.2) is 19.1 Å². The van der Waals surface area contributed by atoms with Crippen LogP contribution in [0.4, 0.5) is 0 Å². The molecule has 0 heterocycles. The summed E-state index contributed by atoms with van der Waals surface area (Å²) in [5.74, 6) is 0.0626. The lowest BCUT2D eigenvalue weighted by molar-refractivity contribution is -0.144. The van der Waals surface area contributed by atoms with Gasteiger partial charge < -0.3 is 10.5 Å². The first-order valence-corrected chi connectivity index (χ1v) is 6.12. The molecule has 3 heteroatoms. The molecule has 0 spiro atoms. The lowest BCUT2D eigenvalue weighted by atomic mass is 10.1. The van der Waals surface area contributed by atoms with Crippen LogP contribution in [0.15, 0.2) is 30.3 Å². The third-order valence-electron chi connectivity index (χ3n) is 2.63. The highest BCUT2D eigenvalue weighted by Crippen LogP contribution is 2.04. The Labute approximate surface area is 103 Å². The minimum absolute atomic E-state index is 0.143. The van der Waals surface area contributed by atoms with Gasteiger partial charge in [-0.25, -0.2) is 0 Å². The van der Waals surface area contributed by atoms with E-state index in [0.29, 0.717) is 19.6 Å². The van der Waals surface area contributed by atoms with Crippen molar-refractivity contribution >= 4 is 5.97 Å². The SMILES string of the molecule is CC(CN)CC(=O)OCCCc1ccccc1. The first-order chi connectivity index (χ1) is 8.22. The van der Waals surface area contributed by atoms with Gasteiger partial charge >= 0.3 is 5.97 Å². The molecule has 0 fully saturated rings. The van der Waals surface area contributed by atoms with E-state index in [0.717, 1.165) is 12.8 Å². The van der Waals surface area contributed by atoms with Crippen LogP contribution in [0.2, 0.25) is 0 Å². The van der Waals surface area contributed by atoms with Crippen molar-refractivity contribution in [3.05, 3.63) is 35.9 Å². The molecule has 1 atom stereocenters. The van der Waals surface area contributed by atoms with Gasteiger partial charge in [0.25, 0.3) is 0 Å². The van der Waals surface area contributed by atoms with Gasteiger partial charge in [-0.15, -0.1) is 0 Å². The molecular formula is C14H21NO2. The van der Waals surface area contributed by atoms with E-state index in [2.05, 4.69) is 12.1 Å². The second-order valence-electron chi connectivity index (χ2n) is 4.35. The molecule has 3 nitrogen and oxygen atoms in total. The van der Waals surface area contributed by atoms with Gasteiger partial charge in [0.1, 0.15) is 0 Å². The molecule has 1 rings (SSSR count). The van der Waals surface area contributed by atoms with Crippen LogP contribution in [-0.2, 0) is 16.0 Å². The summed E-state index contributed by atoms with van der Waals surface area (Å²) in [6.45, 7) is 2.97. The summed E-state index contributed by atoms with van der Waals surface area (Å²) in [4.78, 5) is 11.3. The van der Waals surface area contributed by atoms with Gasteiger partial charge in [-0.05, 0) is 30.9 Å². The summed E-state index contributed by atoms with van der Waals surface area (Å²) in [6.07, 6.45) is 2.23. The number of esters is 1. The van der Waals surface area contributed by atoms with Crippen molar-refractivity contribution < 1.29 is 9.53 Å². The minimum Gasteiger partial charge on any atom is -0.466 e. The van der Waals surface area contributed by atoms with Crippen molar-refractivity contribution in [2.24, 2.45) is 11.7 Å². The normalized spacial score (nSPS) is 12.1. The summed E-state index contributed by atoms with van der Waals surface area (Å²) in [5, 5.41) is 0. The Morgan fingerprint density at radius 1 is 1.35 bits per heavy atom. The number of carbonyl (C=O) groups is 1. The second kappa shape index (κ2) is 7.85. The van der Waals surface area contributed by atoms with Crippen LogP contribution in [0.5, 0.6) is 0 Å². The number of carbonyl (C=O) groups excluding carboxylic acids is 1. The van der Waals surface area contributed by atoms with Gasteiger partial charge in [0.2, 0.25) is 0 Å². The standard InChI is InChI=1S/C14H21NO2/c1-12(11-15)10-14(16)17-9-5-8-13-6-3-2-4-7-13/h2-4,6-7,12H,5,8-11,15H2,1H3. The Bertz CT molecular complexity index is 324. The van der Waals surface area contributed by atoms with E-state index in [9.17, 15) is 4.79 Å². The van der Waals surface area contributed by atoms with Crippen LogP contribution in [0, 0.1) is 5.92 Å². The van der Waals surface area contributed by atoms with Gasteiger partial charge in [-0.3, -0.25) is 4.79 Å². The smallest absolute Gasteiger partial charge is 0.306 e. The van der Waals surface area contributed by atoms with Crippen LogP contribution in [0.3, 0.4) is 0 Å². The van der Waals surface area contributed by atoms with Gasteiger partial charge in [-0.1, -0.05) is 37.3 Å². The molecular weight excluding hydrogens is 214 g/mol. The molecule has 1 unspecified atom stereocenters. The first-order valence-electron chi connectivity index (χ1n) is 6.12. The fourth-order valence-corrected chi connectivity index (χ4v) is 1.53. The lowest BCUT2D eigenvalue weighted by Crippen LogP contribution is -2.17. The number of aryl methyl sites for hydroxylation is 1. The summed E-state index contributed by atoms with van der Waals surface area (Å²) >= 11 is 0. The first kappa shape index (κ1) is 13.7. The van der Waals surface area contributed by atoms with Crippen molar-refractivity contribution in [2.45, 2.75) is 26.2 Å². The topological polar surface area (TPSA) is 52.3 Å². The van der Waals surface area contributed by atoms with Crippen LogP contribution >= 0.6 is 0 Å². The van der Waals surface area contributed by atoms with Crippen molar-refractivity contribution in [3.63, 3.8) is 0 Å². The largest absolute Gasteiger partial charge is 0.466 e. The number of rotatable bonds is 7. The Hall–Kier alpha value is -1.35. The number of hydrogen-bond acceptors (Lipinski definition) is 3.